The second-order valence-corrected chi connectivity index (χ2v) is 3.25. The zero-order valence-corrected chi connectivity index (χ0v) is 7.57. The maximum absolute atomic E-state index is 9.52. The number of hydrogen-bond acceptors (Lipinski definition) is 3. The predicted octanol–water partition coefficient (Wildman–Crippen LogP) is 0.866. The molecule has 14 heavy (non-hydrogen) atoms. The quantitative estimate of drug-likeness (QED) is 0.569. The Labute approximate surface area is 81.0 Å². The molecule has 4 heteroatoms. The van der Waals surface area contributed by atoms with Crippen LogP contribution in [0.2, 0.25) is 0 Å². The monoisotopic (exact) mass is 192 g/mol. The summed E-state index contributed by atoms with van der Waals surface area (Å²) in [5.74, 6) is 0.218. The lowest BCUT2D eigenvalue weighted by atomic mass is 10.2. The van der Waals surface area contributed by atoms with Crippen molar-refractivity contribution in [2.24, 2.45) is 5.73 Å². The Hall–Kier alpha value is -1.52. The van der Waals surface area contributed by atoms with Crippen LogP contribution in [-0.2, 0) is 0 Å². The maximum atomic E-state index is 9.52. The molecule has 0 aliphatic rings. The lowest BCUT2D eigenvalue weighted by molar-refractivity contribution is 0.266. The molecule has 1 atom stereocenters. The fourth-order valence-electron chi connectivity index (χ4n) is 1.46. The first-order valence-electron chi connectivity index (χ1n) is 4.39. The van der Waals surface area contributed by atoms with Crippen LogP contribution >= 0.6 is 0 Å². The lowest BCUT2D eigenvalue weighted by Crippen LogP contribution is -2.14. The van der Waals surface area contributed by atoms with Gasteiger partial charge in [0.2, 0.25) is 0 Å². The number of nitrogens with two attached hydrogens (primary N) is 1. The molecule has 1 unspecified atom stereocenters. The molecule has 0 radical (unpaired) electrons. The minimum atomic E-state index is -0.429. The molecule has 1 aromatic heterocycles. The van der Waals surface area contributed by atoms with Crippen molar-refractivity contribution in [2.45, 2.75) is 6.04 Å². The molecular formula is C10H12N2O2. The molecule has 0 aliphatic carbocycles. The van der Waals surface area contributed by atoms with Crippen molar-refractivity contribution in [2.75, 3.05) is 6.61 Å². The third-order valence-corrected chi connectivity index (χ3v) is 2.26. The van der Waals surface area contributed by atoms with Gasteiger partial charge in [-0.25, -0.2) is 0 Å². The Morgan fingerprint density at radius 1 is 1.43 bits per heavy atom. The van der Waals surface area contributed by atoms with Gasteiger partial charge < -0.3 is 20.9 Å². The summed E-state index contributed by atoms with van der Waals surface area (Å²) >= 11 is 0. The largest absolute Gasteiger partial charge is 0.507 e. The summed E-state index contributed by atoms with van der Waals surface area (Å²) in [7, 11) is 0. The van der Waals surface area contributed by atoms with Crippen LogP contribution < -0.4 is 5.73 Å². The van der Waals surface area contributed by atoms with E-state index in [0.29, 0.717) is 0 Å². The highest BCUT2D eigenvalue weighted by Gasteiger charge is 2.09. The number of aromatic hydroxyl groups is 1. The first kappa shape index (κ1) is 9.05. The standard InChI is InChI=1S/C10H12N2O2/c11-7(5-13)9-4-6-8(12-9)2-1-3-10(6)14/h1-4,7,12-14H,5,11H2. The number of aliphatic hydroxyl groups excluding tert-OH is 1. The van der Waals surface area contributed by atoms with Crippen molar-refractivity contribution in [1.82, 2.24) is 4.98 Å². The zero-order chi connectivity index (χ0) is 10.1. The normalized spacial score (nSPS) is 13.3. The molecule has 0 spiro atoms. The number of hydrogen-bond donors (Lipinski definition) is 4. The summed E-state index contributed by atoms with van der Waals surface area (Å²) in [4.78, 5) is 3.04. The lowest BCUT2D eigenvalue weighted by Gasteiger charge is -2.03. The summed E-state index contributed by atoms with van der Waals surface area (Å²) in [6.45, 7) is -0.117. The summed E-state index contributed by atoms with van der Waals surface area (Å²) in [5.41, 5.74) is 7.19. The van der Waals surface area contributed by atoms with Gasteiger partial charge in [0.25, 0.3) is 0 Å². The number of fused-ring (bicyclic) bond motifs is 1. The average Bonchev–Trinajstić information content (AvgIpc) is 2.62. The molecular weight excluding hydrogens is 180 g/mol. The van der Waals surface area contributed by atoms with Gasteiger partial charge >= 0.3 is 0 Å². The molecule has 0 aliphatic heterocycles. The van der Waals surface area contributed by atoms with Crippen molar-refractivity contribution in [3.05, 3.63) is 30.0 Å². The van der Waals surface area contributed by atoms with Gasteiger partial charge in [0.1, 0.15) is 5.75 Å². The number of phenols is 1. The molecule has 5 N–H and O–H groups in total. The van der Waals surface area contributed by atoms with Crippen LogP contribution in [0.1, 0.15) is 11.7 Å². The zero-order valence-electron chi connectivity index (χ0n) is 7.57. The van der Waals surface area contributed by atoms with Gasteiger partial charge in [0.05, 0.1) is 12.6 Å². The van der Waals surface area contributed by atoms with Crippen LogP contribution in [0.15, 0.2) is 24.3 Å². The number of nitrogens with one attached hydrogen (secondary N) is 1. The van der Waals surface area contributed by atoms with Crippen LogP contribution in [0.5, 0.6) is 5.75 Å². The molecule has 4 nitrogen and oxygen atoms in total. The SMILES string of the molecule is NC(CO)c1cc2c(O)cccc2[nH]1. The Kier molecular flexibility index (Phi) is 2.15. The third kappa shape index (κ3) is 1.34. The highest BCUT2D eigenvalue weighted by molar-refractivity contribution is 5.86. The fourth-order valence-corrected chi connectivity index (χ4v) is 1.46. The Morgan fingerprint density at radius 2 is 2.21 bits per heavy atom. The topological polar surface area (TPSA) is 82.3 Å². The summed E-state index contributed by atoms with van der Waals surface area (Å²) in [5, 5.41) is 19.1. The number of H-pyrrole nitrogens is 1. The molecule has 0 saturated carbocycles. The second kappa shape index (κ2) is 3.32. The van der Waals surface area contributed by atoms with Crippen LogP contribution in [0.25, 0.3) is 10.9 Å². The Bertz CT molecular complexity index is 450. The van der Waals surface area contributed by atoms with E-state index in [0.717, 1.165) is 16.6 Å². The Morgan fingerprint density at radius 3 is 2.86 bits per heavy atom. The van der Waals surface area contributed by atoms with Crippen LogP contribution in [0.4, 0.5) is 0 Å². The predicted molar refractivity (Wildman–Crippen MR) is 54.0 cm³/mol. The fraction of sp³-hybridized carbons (Fsp3) is 0.200. The molecule has 0 saturated heterocycles. The van der Waals surface area contributed by atoms with Gasteiger partial charge in [-0.1, -0.05) is 6.07 Å². The molecule has 1 aromatic carbocycles. The number of aliphatic hydroxyl groups is 1. The summed E-state index contributed by atoms with van der Waals surface area (Å²) in [6, 6.07) is 6.54. The number of aromatic amines is 1. The van der Waals surface area contributed by atoms with Gasteiger partial charge in [0.15, 0.2) is 0 Å². The van der Waals surface area contributed by atoms with Gasteiger partial charge in [-0.05, 0) is 18.2 Å². The number of benzene rings is 1. The van der Waals surface area contributed by atoms with Crippen LogP contribution in [0.3, 0.4) is 0 Å². The van der Waals surface area contributed by atoms with Gasteiger partial charge in [-0.3, -0.25) is 0 Å². The van der Waals surface area contributed by atoms with E-state index in [1.54, 1.807) is 18.2 Å². The highest BCUT2D eigenvalue weighted by Crippen LogP contribution is 2.26. The van der Waals surface area contributed by atoms with E-state index in [9.17, 15) is 5.11 Å². The van der Waals surface area contributed by atoms with E-state index >= 15 is 0 Å². The molecule has 0 amide bonds. The molecule has 0 fully saturated rings. The van der Waals surface area contributed by atoms with E-state index in [-0.39, 0.29) is 12.4 Å². The van der Waals surface area contributed by atoms with Crippen molar-refractivity contribution < 1.29 is 10.2 Å². The smallest absolute Gasteiger partial charge is 0.124 e. The van der Waals surface area contributed by atoms with Crippen molar-refractivity contribution >= 4 is 10.9 Å². The van der Waals surface area contributed by atoms with Crippen molar-refractivity contribution in [1.29, 1.82) is 0 Å². The minimum absolute atomic E-state index is 0.117. The first-order valence-corrected chi connectivity index (χ1v) is 4.39. The van der Waals surface area contributed by atoms with Crippen molar-refractivity contribution in [3.63, 3.8) is 0 Å². The number of phenolic OH excluding ortho intramolecular Hbond substituents is 1. The first-order chi connectivity index (χ1) is 6.72. The van der Waals surface area contributed by atoms with Gasteiger partial charge in [-0.15, -0.1) is 0 Å². The second-order valence-electron chi connectivity index (χ2n) is 3.25. The van der Waals surface area contributed by atoms with E-state index < -0.39 is 6.04 Å². The van der Waals surface area contributed by atoms with E-state index in [1.807, 2.05) is 6.07 Å². The summed E-state index contributed by atoms with van der Waals surface area (Å²) < 4.78 is 0. The highest BCUT2D eigenvalue weighted by atomic mass is 16.3. The van der Waals surface area contributed by atoms with E-state index in [4.69, 9.17) is 10.8 Å². The molecule has 0 bridgehead atoms. The molecule has 2 rings (SSSR count). The third-order valence-electron chi connectivity index (χ3n) is 2.26. The maximum Gasteiger partial charge on any atom is 0.124 e. The minimum Gasteiger partial charge on any atom is -0.507 e. The van der Waals surface area contributed by atoms with Gasteiger partial charge in [-0.2, -0.15) is 0 Å². The number of rotatable bonds is 2. The van der Waals surface area contributed by atoms with E-state index in [1.165, 1.54) is 0 Å². The average molecular weight is 192 g/mol. The summed E-state index contributed by atoms with van der Waals surface area (Å²) in [6.07, 6.45) is 0. The molecule has 2 aromatic rings. The molecule has 74 valence electrons. The van der Waals surface area contributed by atoms with Crippen molar-refractivity contribution in [3.8, 4) is 5.75 Å². The number of aromatic nitrogens is 1. The molecule has 1 heterocycles. The van der Waals surface area contributed by atoms with Crippen LogP contribution in [-0.4, -0.2) is 21.8 Å². The Balaban J connectivity index is 2.56. The van der Waals surface area contributed by atoms with Gasteiger partial charge in [0, 0.05) is 16.6 Å². The van der Waals surface area contributed by atoms with Crippen LogP contribution in [0, 0.1) is 0 Å². The van der Waals surface area contributed by atoms with E-state index in [2.05, 4.69) is 4.98 Å².